The molecule has 2 aliphatic heterocycles. The van der Waals surface area contributed by atoms with Crippen LogP contribution < -0.4 is 15.4 Å². The van der Waals surface area contributed by atoms with E-state index in [-0.39, 0.29) is 24.7 Å². The first kappa shape index (κ1) is 27.5. The minimum Gasteiger partial charge on any atom is -0.490 e. The highest BCUT2D eigenvalue weighted by molar-refractivity contribution is 5.95. The highest BCUT2D eigenvalue weighted by atomic mass is 19.1. The number of carboxylic acids is 1. The van der Waals surface area contributed by atoms with Crippen molar-refractivity contribution >= 4 is 29.0 Å². The summed E-state index contributed by atoms with van der Waals surface area (Å²) in [5.41, 5.74) is 1.89. The molecule has 2 aromatic heterocycles. The van der Waals surface area contributed by atoms with Crippen molar-refractivity contribution in [1.29, 1.82) is 0 Å². The number of imidazole rings is 1. The van der Waals surface area contributed by atoms with Gasteiger partial charge in [0.25, 0.3) is 0 Å². The van der Waals surface area contributed by atoms with Gasteiger partial charge in [0.15, 0.2) is 29.5 Å². The van der Waals surface area contributed by atoms with Gasteiger partial charge in [-0.25, -0.2) is 24.1 Å². The monoisotopic (exact) mass is 578 g/mol. The maximum absolute atomic E-state index is 13.6. The number of hydrogen-bond acceptors (Lipinski definition) is 9. The average Bonchev–Trinajstić information content (AvgIpc) is 3.68. The lowest BCUT2D eigenvalue weighted by Crippen LogP contribution is -2.32. The molecule has 4 aromatic rings. The molecule has 218 valence electrons. The molecule has 0 bridgehead atoms. The highest BCUT2D eigenvalue weighted by Crippen LogP contribution is 2.45. The van der Waals surface area contributed by atoms with Gasteiger partial charge in [0.1, 0.15) is 42.8 Å². The number of ether oxygens (including phenoxy) is 4. The van der Waals surface area contributed by atoms with Crippen LogP contribution in [0.3, 0.4) is 0 Å². The number of aromatic nitrogens is 4. The number of carbonyl (C=O) groups is 2. The lowest BCUT2D eigenvalue weighted by molar-refractivity contribution is -0.152. The molecular weight excluding hydrogens is 551 g/mol. The SMILES string of the molecule is CCNC(=O)Nc1ncnc2c1ncn2C1OC(COc2ccccc2CC(=O)O)C2OC(c3ccc(F)cc3)OC21. The molecule has 2 aliphatic rings. The molecule has 5 unspecified atom stereocenters. The quantitative estimate of drug-likeness (QED) is 0.269. The van der Waals surface area contributed by atoms with Crippen LogP contribution in [0.4, 0.5) is 15.0 Å². The molecule has 0 saturated carbocycles. The van der Waals surface area contributed by atoms with Crippen molar-refractivity contribution in [1.82, 2.24) is 24.8 Å². The van der Waals surface area contributed by atoms with Gasteiger partial charge < -0.3 is 29.4 Å². The van der Waals surface area contributed by atoms with Crippen molar-refractivity contribution < 1.29 is 38.0 Å². The van der Waals surface area contributed by atoms with Gasteiger partial charge in [-0.15, -0.1) is 0 Å². The van der Waals surface area contributed by atoms with E-state index in [1.165, 1.54) is 24.8 Å². The number of hydrogen-bond donors (Lipinski definition) is 3. The van der Waals surface area contributed by atoms with E-state index in [1.807, 2.05) is 0 Å². The third-order valence-electron chi connectivity index (χ3n) is 6.91. The Morgan fingerprint density at radius 1 is 1.05 bits per heavy atom. The van der Waals surface area contributed by atoms with Crippen LogP contribution in [0.15, 0.2) is 61.2 Å². The normalized spacial score (nSPS) is 23.0. The standard InChI is InChI=1S/C28H27FN6O7/c1-2-30-28(38)34-24-21-25(32-13-31-24)35(14-33-21)26-23-22(41-27(42-23)15-7-9-17(29)10-8-15)19(40-26)12-39-18-6-4-3-5-16(18)11-20(36)37/h3-10,13-14,19,22-23,26-27H,2,11-12H2,1H3,(H,36,37)(H2,30,31,32,34,38). The second-order valence-electron chi connectivity index (χ2n) is 9.67. The summed E-state index contributed by atoms with van der Waals surface area (Å²) >= 11 is 0. The first-order chi connectivity index (χ1) is 20.4. The number of urea groups is 1. The van der Waals surface area contributed by atoms with E-state index in [4.69, 9.17) is 18.9 Å². The number of halogens is 1. The second-order valence-corrected chi connectivity index (χ2v) is 9.67. The number of anilines is 1. The predicted molar refractivity (Wildman–Crippen MR) is 144 cm³/mol. The van der Waals surface area contributed by atoms with Gasteiger partial charge in [0.05, 0.1) is 12.7 Å². The van der Waals surface area contributed by atoms with E-state index in [0.29, 0.717) is 34.6 Å². The molecule has 0 radical (unpaired) electrons. The van der Waals surface area contributed by atoms with Crippen molar-refractivity contribution in [3.8, 4) is 5.75 Å². The largest absolute Gasteiger partial charge is 0.490 e. The van der Waals surface area contributed by atoms with Gasteiger partial charge in [-0.3, -0.25) is 14.7 Å². The van der Waals surface area contributed by atoms with E-state index >= 15 is 0 Å². The summed E-state index contributed by atoms with van der Waals surface area (Å²) in [5.74, 6) is -0.722. The zero-order valence-electron chi connectivity index (χ0n) is 22.3. The minimum absolute atomic E-state index is 0.0272. The van der Waals surface area contributed by atoms with E-state index in [9.17, 15) is 19.1 Å². The number of rotatable bonds is 9. The fraction of sp³-hybridized carbons (Fsp3) is 0.321. The number of aliphatic carboxylic acids is 1. The molecule has 5 atom stereocenters. The van der Waals surface area contributed by atoms with Gasteiger partial charge in [-0.05, 0) is 25.1 Å². The van der Waals surface area contributed by atoms with Crippen LogP contribution in [0, 0.1) is 5.82 Å². The van der Waals surface area contributed by atoms with Crippen molar-refractivity contribution in [2.24, 2.45) is 0 Å². The summed E-state index contributed by atoms with van der Waals surface area (Å²) in [6.45, 7) is 2.26. The number of para-hydroxylation sites is 1. The Morgan fingerprint density at radius 2 is 1.83 bits per heavy atom. The maximum Gasteiger partial charge on any atom is 0.320 e. The highest BCUT2D eigenvalue weighted by Gasteiger charge is 2.54. The molecule has 2 amide bonds. The summed E-state index contributed by atoms with van der Waals surface area (Å²) < 4.78 is 40.3. The van der Waals surface area contributed by atoms with Crippen molar-refractivity contribution in [2.75, 3.05) is 18.5 Å². The second kappa shape index (κ2) is 11.7. The molecule has 13 nitrogen and oxygen atoms in total. The summed E-state index contributed by atoms with van der Waals surface area (Å²) in [7, 11) is 0. The van der Waals surface area contributed by atoms with E-state index in [0.717, 1.165) is 0 Å². The van der Waals surface area contributed by atoms with Gasteiger partial charge in [-0.2, -0.15) is 0 Å². The van der Waals surface area contributed by atoms with E-state index in [2.05, 4.69) is 25.6 Å². The first-order valence-corrected chi connectivity index (χ1v) is 13.3. The fourth-order valence-electron chi connectivity index (χ4n) is 5.04. The minimum atomic E-state index is -0.979. The number of carbonyl (C=O) groups excluding carboxylic acids is 1. The molecule has 2 aromatic carbocycles. The van der Waals surface area contributed by atoms with Crippen LogP contribution in [0.1, 0.15) is 30.6 Å². The topological polar surface area (TPSA) is 159 Å². The first-order valence-electron chi connectivity index (χ1n) is 13.3. The van der Waals surface area contributed by atoms with Gasteiger partial charge in [0.2, 0.25) is 0 Å². The Morgan fingerprint density at radius 3 is 2.62 bits per heavy atom. The molecule has 0 aliphatic carbocycles. The Labute approximate surface area is 238 Å². The number of nitrogens with one attached hydrogen (secondary N) is 2. The van der Waals surface area contributed by atoms with Gasteiger partial charge in [-0.1, -0.05) is 30.3 Å². The molecule has 2 saturated heterocycles. The lowest BCUT2D eigenvalue weighted by atomic mass is 10.1. The zero-order valence-corrected chi connectivity index (χ0v) is 22.3. The molecule has 0 spiro atoms. The molecule has 2 fully saturated rings. The Kier molecular flexibility index (Phi) is 7.65. The number of fused-ring (bicyclic) bond motifs is 2. The van der Waals surface area contributed by atoms with Crippen LogP contribution >= 0.6 is 0 Å². The summed E-state index contributed by atoms with van der Waals surface area (Å²) in [6.07, 6.45) is -0.829. The van der Waals surface area contributed by atoms with Gasteiger partial charge in [0, 0.05) is 17.7 Å². The molecule has 6 rings (SSSR count). The summed E-state index contributed by atoms with van der Waals surface area (Å²) in [5, 5.41) is 14.6. The van der Waals surface area contributed by atoms with E-state index < -0.39 is 42.8 Å². The Hall–Kier alpha value is -4.66. The third-order valence-corrected chi connectivity index (χ3v) is 6.91. The lowest BCUT2D eigenvalue weighted by Gasteiger charge is -2.22. The van der Waals surface area contributed by atoms with Crippen molar-refractivity contribution in [2.45, 2.75) is 44.2 Å². The predicted octanol–water partition coefficient (Wildman–Crippen LogP) is 3.19. The summed E-state index contributed by atoms with van der Waals surface area (Å²) in [4.78, 5) is 36.4. The smallest absolute Gasteiger partial charge is 0.320 e. The maximum atomic E-state index is 13.6. The van der Waals surface area contributed by atoms with Crippen molar-refractivity contribution in [3.63, 3.8) is 0 Å². The van der Waals surface area contributed by atoms with Crippen LogP contribution in [-0.2, 0) is 25.4 Å². The zero-order chi connectivity index (χ0) is 29.2. The average molecular weight is 579 g/mol. The Balaban J connectivity index is 1.29. The van der Waals surface area contributed by atoms with E-state index in [1.54, 1.807) is 47.9 Å². The summed E-state index contributed by atoms with van der Waals surface area (Å²) in [6, 6.07) is 12.3. The molecular formula is C28H27FN6O7. The fourth-order valence-corrected chi connectivity index (χ4v) is 5.04. The molecule has 42 heavy (non-hydrogen) atoms. The molecule has 14 heteroatoms. The molecule has 3 N–H and O–H groups in total. The number of carboxylic acid groups (broad SMARTS) is 1. The van der Waals surface area contributed by atoms with Crippen LogP contribution in [-0.4, -0.2) is 68.1 Å². The Bertz CT molecular complexity index is 1600. The molecule has 4 heterocycles. The van der Waals surface area contributed by atoms with Crippen molar-refractivity contribution in [3.05, 3.63) is 78.1 Å². The van der Waals surface area contributed by atoms with Crippen LogP contribution in [0.2, 0.25) is 0 Å². The van der Waals surface area contributed by atoms with Crippen LogP contribution in [0.5, 0.6) is 5.75 Å². The number of benzene rings is 2. The van der Waals surface area contributed by atoms with Crippen LogP contribution in [0.25, 0.3) is 11.2 Å². The van der Waals surface area contributed by atoms with Gasteiger partial charge >= 0.3 is 12.0 Å². The number of amides is 2. The third kappa shape index (κ3) is 5.46. The number of nitrogens with zero attached hydrogens (tertiary/aromatic N) is 4.